The standard InChI is InChI=1S/C23H21F2N5O/c24-23(25)20-10-21(16-8-9-16)30(28-20)14-22(31)27-18-11-26-29(13-18)12-17-6-3-5-15-4-1-2-7-19(15)17/h1-7,10-11,13,16,23H,8-9,12,14H2,(H,27,31). The molecule has 1 amide bonds. The van der Waals surface area contributed by atoms with Crippen LogP contribution in [0.15, 0.2) is 60.9 Å². The molecule has 8 heteroatoms. The molecule has 2 aromatic heterocycles. The molecule has 2 heterocycles. The smallest absolute Gasteiger partial charge is 0.282 e. The van der Waals surface area contributed by atoms with E-state index in [4.69, 9.17) is 0 Å². The van der Waals surface area contributed by atoms with E-state index in [1.807, 2.05) is 18.2 Å². The normalized spacial score (nSPS) is 13.8. The van der Waals surface area contributed by atoms with Crippen molar-refractivity contribution in [2.45, 2.75) is 38.3 Å². The largest absolute Gasteiger partial charge is 0.322 e. The Balaban J connectivity index is 1.27. The number of aromatic nitrogens is 4. The van der Waals surface area contributed by atoms with Gasteiger partial charge in [-0.15, -0.1) is 0 Å². The molecule has 6 nitrogen and oxygen atoms in total. The van der Waals surface area contributed by atoms with E-state index in [-0.39, 0.29) is 24.1 Å². The molecule has 0 atom stereocenters. The zero-order valence-electron chi connectivity index (χ0n) is 16.7. The number of fused-ring (bicyclic) bond motifs is 1. The lowest BCUT2D eigenvalue weighted by atomic mass is 10.0. The SMILES string of the molecule is O=C(Cn1nc(C(F)F)cc1C1CC1)Nc1cnn(Cc2cccc3ccccc23)c1. The second kappa shape index (κ2) is 7.94. The van der Waals surface area contributed by atoms with Crippen LogP contribution in [0.25, 0.3) is 10.8 Å². The van der Waals surface area contributed by atoms with Crippen LogP contribution in [0.2, 0.25) is 0 Å². The molecule has 5 rings (SSSR count). The van der Waals surface area contributed by atoms with Crippen LogP contribution in [-0.4, -0.2) is 25.5 Å². The first-order valence-corrected chi connectivity index (χ1v) is 10.2. The first-order chi connectivity index (χ1) is 15.1. The topological polar surface area (TPSA) is 64.7 Å². The van der Waals surface area contributed by atoms with E-state index >= 15 is 0 Å². The van der Waals surface area contributed by atoms with E-state index in [1.165, 1.54) is 10.7 Å². The van der Waals surface area contributed by atoms with Crippen LogP contribution in [0.1, 0.15) is 42.1 Å². The Hall–Kier alpha value is -3.55. The molecule has 0 bridgehead atoms. The third-order valence-electron chi connectivity index (χ3n) is 5.47. The minimum Gasteiger partial charge on any atom is -0.322 e. The van der Waals surface area contributed by atoms with Crippen molar-refractivity contribution in [3.05, 3.63) is 77.9 Å². The van der Waals surface area contributed by atoms with Crippen molar-refractivity contribution in [3.8, 4) is 0 Å². The van der Waals surface area contributed by atoms with Crippen molar-refractivity contribution in [1.29, 1.82) is 0 Å². The number of rotatable bonds is 7. The highest BCUT2D eigenvalue weighted by Gasteiger charge is 2.30. The average Bonchev–Trinajstić information content (AvgIpc) is 3.37. The van der Waals surface area contributed by atoms with Crippen molar-refractivity contribution < 1.29 is 13.6 Å². The van der Waals surface area contributed by atoms with Crippen LogP contribution in [0.5, 0.6) is 0 Å². The zero-order chi connectivity index (χ0) is 21.4. The van der Waals surface area contributed by atoms with Gasteiger partial charge in [0.1, 0.15) is 12.2 Å². The predicted octanol–water partition coefficient (Wildman–Crippen LogP) is 4.73. The Kier molecular flexibility index (Phi) is 4.97. The molecule has 0 unspecified atom stereocenters. The Labute approximate surface area is 177 Å². The highest BCUT2D eigenvalue weighted by Crippen LogP contribution is 2.41. The van der Waals surface area contributed by atoms with Crippen LogP contribution < -0.4 is 5.32 Å². The van der Waals surface area contributed by atoms with Crippen molar-refractivity contribution in [2.24, 2.45) is 0 Å². The molecule has 1 aliphatic carbocycles. The predicted molar refractivity (Wildman–Crippen MR) is 113 cm³/mol. The fourth-order valence-electron chi connectivity index (χ4n) is 3.85. The third kappa shape index (κ3) is 4.19. The molecule has 0 spiro atoms. The fourth-order valence-corrected chi connectivity index (χ4v) is 3.85. The summed E-state index contributed by atoms with van der Waals surface area (Å²) in [5.41, 5.74) is 2.11. The molecule has 1 aliphatic rings. The second-order valence-corrected chi connectivity index (χ2v) is 7.84. The molecule has 0 radical (unpaired) electrons. The quantitative estimate of drug-likeness (QED) is 0.469. The van der Waals surface area contributed by atoms with Crippen LogP contribution in [0.4, 0.5) is 14.5 Å². The fraction of sp³-hybridized carbons (Fsp3) is 0.261. The number of nitrogens with one attached hydrogen (secondary N) is 1. The van der Waals surface area contributed by atoms with Gasteiger partial charge in [0.05, 0.1) is 18.4 Å². The van der Waals surface area contributed by atoms with Crippen LogP contribution in [0, 0.1) is 0 Å². The molecule has 1 fully saturated rings. The van der Waals surface area contributed by atoms with Crippen molar-refractivity contribution in [2.75, 3.05) is 5.32 Å². The summed E-state index contributed by atoms with van der Waals surface area (Å²) < 4.78 is 29.2. The maximum atomic E-state index is 13.0. The van der Waals surface area contributed by atoms with Crippen LogP contribution in [0.3, 0.4) is 0 Å². The van der Waals surface area contributed by atoms with Gasteiger partial charge in [0.2, 0.25) is 5.91 Å². The highest BCUT2D eigenvalue weighted by atomic mass is 19.3. The van der Waals surface area contributed by atoms with Gasteiger partial charge in [-0.1, -0.05) is 42.5 Å². The maximum absolute atomic E-state index is 13.0. The number of nitrogens with zero attached hydrogens (tertiary/aromatic N) is 4. The molecular weight excluding hydrogens is 400 g/mol. The number of anilines is 1. The van der Waals surface area contributed by atoms with Crippen LogP contribution in [-0.2, 0) is 17.9 Å². The lowest BCUT2D eigenvalue weighted by Gasteiger charge is -2.07. The minimum absolute atomic E-state index is 0.104. The second-order valence-electron chi connectivity index (χ2n) is 7.84. The zero-order valence-corrected chi connectivity index (χ0v) is 16.7. The van der Waals surface area contributed by atoms with Gasteiger partial charge in [-0.05, 0) is 35.2 Å². The van der Waals surface area contributed by atoms with E-state index in [1.54, 1.807) is 17.1 Å². The lowest BCUT2D eigenvalue weighted by Crippen LogP contribution is -2.20. The molecule has 0 saturated heterocycles. The van der Waals surface area contributed by atoms with E-state index in [0.717, 1.165) is 29.2 Å². The summed E-state index contributed by atoms with van der Waals surface area (Å²) in [6.07, 6.45) is 2.58. The van der Waals surface area contributed by atoms with Gasteiger partial charge < -0.3 is 5.32 Å². The van der Waals surface area contributed by atoms with Gasteiger partial charge in [0.25, 0.3) is 6.43 Å². The van der Waals surface area contributed by atoms with Gasteiger partial charge in [0.15, 0.2) is 0 Å². The molecule has 4 aromatic rings. The van der Waals surface area contributed by atoms with Gasteiger partial charge in [-0.3, -0.25) is 14.2 Å². The number of benzene rings is 2. The number of alkyl halides is 2. The number of carbonyl (C=O) groups excluding carboxylic acids is 1. The molecule has 1 N–H and O–H groups in total. The van der Waals surface area contributed by atoms with Crippen molar-refractivity contribution in [3.63, 3.8) is 0 Å². The molecular formula is C23H21F2N5O. The molecule has 31 heavy (non-hydrogen) atoms. The summed E-state index contributed by atoms with van der Waals surface area (Å²) in [5.74, 6) is -0.105. The number of carbonyl (C=O) groups is 1. The average molecular weight is 421 g/mol. The van der Waals surface area contributed by atoms with Gasteiger partial charge >= 0.3 is 0 Å². The van der Waals surface area contributed by atoms with E-state index in [9.17, 15) is 13.6 Å². The molecule has 1 saturated carbocycles. The number of hydrogen-bond acceptors (Lipinski definition) is 3. The number of halogens is 2. The Morgan fingerprint density at radius 3 is 2.77 bits per heavy atom. The Bertz CT molecular complexity index is 1240. The summed E-state index contributed by atoms with van der Waals surface area (Å²) in [5, 5.41) is 13.4. The van der Waals surface area contributed by atoms with E-state index < -0.39 is 6.43 Å². The number of amides is 1. The molecule has 2 aromatic carbocycles. The van der Waals surface area contributed by atoms with Crippen molar-refractivity contribution >= 4 is 22.4 Å². The summed E-state index contributed by atoms with van der Waals surface area (Å²) in [4.78, 5) is 12.5. The third-order valence-corrected chi connectivity index (χ3v) is 5.47. The van der Waals surface area contributed by atoms with E-state index in [2.05, 4.69) is 39.8 Å². The minimum atomic E-state index is -2.64. The summed E-state index contributed by atoms with van der Waals surface area (Å²) >= 11 is 0. The first-order valence-electron chi connectivity index (χ1n) is 10.2. The molecule has 0 aliphatic heterocycles. The lowest BCUT2D eigenvalue weighted by molar-refractivity contribution is -0.117. The van der Waals surface area contributed by atoms with E-state index in [0.29, 0.717) is 17.9 Å². The van der Waals surface area contributed by atoms with Gasteiger partial charge in [-0.25, -0.2) is 8.78 Å². The summed E-state index contributed by atoms with van der Waals surface area (Å²) in [6.45, 7) is 0.465. The highest BCUT2D eigenvalue weighted by molar-refractivity contribution is 5.90. The van der Waals surface area contributed by atoms with Crippen LogP contribution >= 0.6 is 0 Å². The summed E-state index contributed by atoms with van der Waals surface area (Å²) in [6, 6.07) is 15.7. The first kappa shape index (κ1) is 19.4. The Morgan fingerprint density at radius 1 is 1.16 bits per heavy atom. The number of hydrogen-bond donors (Lipinski definition) is 1. The van der Waals surface area contributed by atoms with Gasteiger partial charge in [-0.2, -0.15) is 10.2 Å². The van der Waals surface area contributed by atoms with Crippen molar-refractivity contribution in [1.82, 2.24) is 19.6 Å². The Morgan fingerprint density at radius 2 is 1.97 bits per heavy atom. The van der Waals surface area contributed by atoms with Gasteiger partial charge in [0, 0.05) is 17.8 Å². The molecule has 158 valence electrons. The monoisotopic (exact) mass is 421 g/mol. The maximum Gasteiger partial charge on any atom is 0.282 e. The summed E-state index contributed by atoms with van der Waals surface area (Å²) in [7, 11) is 0.